The van der Waals surface area contributed by atoms with Gasteiger partial charge in [0, 0.05) is 16.9 Å². The summed E-state index contributed by atoms with van der Waals surface area (Å²) in [5, 5.41) is 2.56. The summed E-state index contributed by atoms with van der Waals surface area (Å²) >= 11 is 6.07. The monoisotopic (exact) mass is 418 g/mol. The Morgan fingerprint density at radius 3 is 2.36 bits per heavy atom. The highest BCUT2D eigenvalue weighted by molar-refractivity contribution is 7.92. The third kappa shape index (κ3) is 4.68. The zero-order valence-corrected chi connectivity index (χ0v) is 16.3. The highest BCUT2D eigenvalue weighted by Crippen LogP contribution is 2.26. The van der Waals surface area contributed by atoms with Crippen molar-refractivity contribution in [2.24, 2.45) is 0 Å². The lowest BCUT2D eigenvalue weighted by molar-refractivity contribution is 0.102. The zero-order valence-electron chi connectivity index (χ0n) is 14.7. The first-order valence-corrected chi connectivity index (χ1v) is 10.1. The molecule has 3 rings (SSSR count). The van der Waals surface area contributed by atoms with Crippen molar-refractivity contribution in [1.82, 2.24) is 0 Å². The molecular formula is C20H16ClFN2O3S. The summed E-state index contributed by atoms with van der Waals surface area (Å²) in [5.74, 6) is -0.977. The van der Waals surface area contributed by atoms with Crippen LogP contribution in [0.1, 0.15) is 15.9 Å². The van der Waals surface area contributed by atoms with Crippen LogP contribution in [0.25, 0.3) is 0 Å². The lowest BCUT2D eigenvalue weighted by atomic mass is 10.2. The molecule has 28 heavy (non-hydrogen) atoms. The van der Waals surface area contributed by atoms with E-state index in [1.807, 2.05) is 13.0 Å². The summed E-state index contributed by atoms with van der Waals surface area (Å²) in [5.41, 5.74) is 1.75. The fraction of sp³-hybridized carbons (Fsp3) is 0.0500. The van der Waals surface area contributed by atoms with Gasteiger partial charge in [-0.15, -0.1) is 0 Å². The van der Waals surface area contributed by atoms with E-state index in [0.29, 0.717) is 11.4 Å². The van der Waals surface area contributed by atoms with E-state index in [2.05, 4.69) is 10.0 Å². The minimum atomic E-state index is -4.01. The van der Waals surface area contributed by atoms with Crippen LogP contribution < -0.4 is 10.0 Å². The summed E-state index contributed by atoms with van der Waals surface area (Å²) in [6.45, 7) is 1.84. The number of benzene rings is 3. The number of amides is 1. The van der Waals surface area contributed by atoms with Crippen LogP contribution in [0.3, 0.4) is 0 Å². The number of carbonyl (C=O) groups is 1. The van der Waals surface area contributed by atoms with Crippen molar-refractivity contribution in [3.8, 4) is 0 Å². The van der Waals surface area contributed by atoms with Crippen molar-refractivity contribution in [3.63, 3.8) is 0 Å². The number of rotatable bonds is 5. The summed E-state index contributed by atoms with van der Waals surface area (Å²) in [6.07, 6.45) is 0. The van der Waals surface area contributed by atoms with Gasteiger partial charge in [0.25, 0.3) is 15.9 Å². The van der Waals surface area contributed by atoms with Crippen LogP contribution in [-0.2, 0) is 10.0 Å². The second-order valence-electron chi connectivity index (χ2n) is 6.08. The van der Waals surface area contributed by atoms with Crippen molar-refractivity contribution in [1.29, 1.82) is 0 Å². The Morgan fingerprint density at radius 1 is 0.964 bits per heavy atom. The van der Waals surface area contributed by atoms with Gasteiger partial charge in [0.05, 0.1) is 5.02 Å². The van der Waals surface area contributed by atoms with E-state index in [1.54, 1.807) is 18.2 Å². The van der Waals surface area contributed by atoms with Gasteiger partial charge >= 0.3 is 0 Å². The first kappa shape index (κ1) is 19.9. The Hall–Kier alpha value is -2.90. The first-order valence-electron chi connectivity index (χ1n) is 8.20. The molecule has 3 aromatic rings. The van der Waals surface area contributed by atoms with E-state index >= 15 is 0 Å². The number of hydrogen-bond donors (Lipinski definition) is 2. The van der Waals surface area contributed by atoms with Crippen LogP contribution in [0.4, 0.5) is 15.8 Å². The highest BCUT2D eigenvalue weighted by atomic mass is 35.5. The first-order chi connectivity index (χ1) is 13.2. The van der Waals surface area contributed by atoms with Crippen LogP contribution in [0, 0.1) is 12.7 Å². The molecule has 8 heteroatoms. The van der Waals surface area contributed by atoms with Crippen LogP contribution in [0.15, 0.2) is 71.6 Å². The lowest BCUT2D eigenvalue weighted by Gasteiger charge is -2.12. The second-order valence-corrected chi connectivity index (χ2v) is 8.14. The van der Waals surface area contributed by atoms with Gasteiger partial charge in [0.2, 0.25) is 0 Å². The van der Waals surface area contributed by atoms with E-state index in [9.17, 15) is 17.6 Å². The van der Waals surface area contributed by atoms with Gasteiger partial charge in [-0.25, -0.2) is 12.8 Å². The Morgan fingerprint density at radius 2 is 1.68 bits per heavy atom. The molecule has 144 valence electrons. The van der Waals surface area contributed by atoms with Crippen LogP contribution in [-0.4, -0.2) is 14.3 Å². The van der Waals surface area contributed by atoms with Gasteiger partial charge in [0.1, 0.15) is 10.7 Å². The number of hydrogen-bond acceptors (Lipinski definition) is 3. The van der Waals surface area contributed by atoms with Gasteiger partial charge < -0.3 is 5.32 Å². The van der Waals surface area contributed by atoms with Crippen LogP contribution >= 0.6 is 11.6 Å². The Bertz CT molecular complexity index is 1130. The normalized spacial score (nSPS) is 11.1. The average molecular weight is 419 g/mol. The van der Waals surface area contributed by atoms with Crippen molar-refractivity contribution in [2.75, 3.05) is 10.0 Å². The number of nitrogens with one attached hydrogen (secondary N) is 2. The van der Waals surface area contributed by atoms with Gasteiger partial charge in [-0.3, -0.25) is 9.52 Å². The summed E-state index contributed by atoms with van der Waals surface area (Å²) in [4.78, 5) is 12.2. The average Bonchev–Trinajstić information content (AvgIpc) is 2.63. The molecule has 0 fully saturated rings. The van der Waals surface area contributed by atoms with Gasteiger partial charge in [-0.2, -0.15) is 0 Å². The second kappa shape index (κ2) is 8.00. The van der Waals surface area contributed by atoms with Crippen molar-refractivity contribution in [2.45, 2.75) is 11.8 Å². The lowest BCUT2D eigenvalue weighted by Crippen LogP contribution is -2.16. The third-order valence-corrected chi connectivity index (χ3v) is 5.72. The SMILES string of the molecule is Cc1cccc(NS(=O)(=O)c2cc(C(=O)Nc3ccc(F)cc3)ccc2Cl)c1. The number of halogens is 2. The number of carbonyl (C=O) groups excluding carboxylic acids is 1. The minimum absolute atomic E-state index is 0.0153. The topological polar surface area (TPSA) is 75.3 Å². The highest BCUT2D eigenvalue weighted by Gasteiger charge is 2.20. The molecular weight excluding hydrogens is 403 g/mol. The smallest absolute Gasteiger partial charge is 0.263 e. The van der Waals surface area contributed by atoms with Gasteiger partial charge in [0.15, 0.2) is 0 Å². The van der Waals surface area contributed by atoms with E-state index in [1.165, 1.54) is 42.5 Å². The Kier molecular flexibility index (Phi) is 5.67. The third-order valence-electron chi connectivity index (χ3n) is 3.86. The summed E-state index contributed by atoms with van der Waals surface area (Å²) < 4.78 is 40.9. The molecule has 0 spiro atoms. The standard InChI is InChI=1S/C20H16ClFN2O3S/c1-13-3-2-4-17(11-13)24-28(26,27)19-12-14(5-10-18(19)21)20(25)23-16-8-6-15(22)7-9-16/h2-12,24H,1H3,(H,23,25). The van der Waals surface area contributed by atoms with Gasteiger partial charge in [-0.05, 0) is 67.1 Å². The maximum atomic E-state index is 13.0. The van der Waals surface area contributed by atoms with Crippen molar-refractivity contribution < 1.29 is 17.6 Å². The minimum Gasteiger partial charge on any atom is -0.322 e. The predicted octanol–water partition coefficient (Wildman–Crippen LogP) is 4.84. The molecule has 0 aromatic heterocycles. The molecule has 0 aliphatic rings. The van der Waals surface area contributed by atoms with E-state index in [-0.39, 0.29) is 15.5 Å². The molecule has 0 unspecified atom stereocenters. The van der Waals surface area contributed by atoms with Crippen LogP contribution in [0.5, 0.6) is 0 Å². The van der Waals surface area contributed by atoms with E-state index in [4.69, 9.17) is 11.6 Å². The summed E-state index contributed by atoms with van der Waals surface area (Å²) in [6, 6.07) is 16.0. The maximum absolute atomic E-state index is 13.0. The fourth-order valence-corrected chi connectivity index (χ4v) is 4.08. The molecule has 0 aliphatic carbocycles. The molecule has 2 N–H and O–H groups in total. The van der Waals surface area contributed by atoms with Crippen molar-refractivity contribution in [3.05, 3.63) is 88.7 Å². The van der Waals surface area contributed by atoms with Crippen molar-refractivity contribution >= 4 is 38.9 Å². The van der Waals surface area contributed by atoms with E-state index < -0.39 is 21.7 Å². The van der Waals surface area contributed by atoms with Gasteiger partial charge in [-0.1, -0.05) is 23.7 Å². The Labute approximate surface area is 167 Å². The maximum Gasteiger partial charge on any atom is 0.263 e. The number of aryl methyl sites for hydroxylation is 1. The molecule has 0 radical (unpaired) electrons. The zero-order chi connectivity index (χ0) is 20.3. The molecule has 0 bridgehead atoms. The molecule has 0 aliphatic heterocycles. The molecule has 3 aromatic carbocycles. The predicted molar refractivity (Wildman–Crippen MR) is 108 cm³/mol. The molecule has 0 saturated heterocycles. The van der Waals surface area contributed by atoms with E-state index in [0.717, 1.165) is 5.56 Å². The number of anilines is 2. The number of sulfonamides is 1. The quantitative estimate of drug-likeness (QED) is 0.622. The fourth-order valence-electron chi connectivity index (χ4n) is 2.51. The molecule has 1 amide bonds. The molecule has 0 atom stereocenters. The Balaban J connectivity index is 1.87. The largest absolute Gasteiger partial charge is 0.322 e. The summed E-state index contributed by atoms with van der Waals surface area (Å²) in [7, 11) is -4.01. The van der Waals surface area contributed by atoms with Crippen LogP contribution in [0.2, 0.25) is 5.02 Å². The molecule has 0 saturated carbocycles. The molecule has 0 heterocycles. The molecule has 5 nitrogen and oxygen atoms in total.